The lowest BCUT2D eigenvalue weighted by molar-refractivity contribution is -0.0314. The number of ether oxygens (including phenoxy) is 2. The maximum Gasteiger partial charge on any atom is 0.123 e. The summed E-state index contributed by atoms with van der Waals surface area (Å²) in [5.74, 6) is 0.799. The first kappa shape index (κ1) is 14.8. The van der Waals surface area contributed by atoms with E-state index >= 15 is 0 Å². The van der Waals surface area contributed by atoms with E-state index in [-0.39, 0.29) is 18.5 Å². The SMILES string of the molecule is COc1ccc(C(=N)N)cc1CN1CCOCC1CO. The summed E-state index contributed by atoms with van der Waals surface area (Å²) in [6.45, 7) is 2.66. The van der Waals surface area contributed by atoms with E-state index in [1.807, 2.05) is 12.1 Å². The number of aliphatic hydroxyl groups excluding tert-OH is 1. The molecule has 1 aromatic carbocycles. The molecule has 0 amide bonds. The van der Waals surface area contributed by atoms with E-state index in [1.165, 1.54) is 0 Å². The first-order valence-corrected chi connectivity index (χ1v) is 6.59. The summed E-state index contributed by atoms with van der Waals surface area (Å²) in [5.41, 5.74) is 7.16. The van der Waals surface area contributed by atoms with Gasteiger partial charge in [0.15, 0.2) is 0 Å². The predicted molar refractivity (Wildman–Crippen MR) is 76.1 cm³/mol. The molecule has 20 heavy (non-hydrogen) atoms. The summed E-state index contributed by atoms with van der Waals surface area (Å²) < 4.78 is 10.7. The highest BCUT2D eigenvalue weighted by Gasteiger charge is 2.23. The molecule has 1 aliphatic heterocycles. The number of nitrogens with one attached hydrogen (secondary N) is 1. The van der Waals surface area contributed by atoms with Crippen molar-refractivity contribution >= 4 is 5.84 Å². The Balaban J connectivity index is 2.21. The predicted octanol–water partition coefficient (Wildman–Crippen LogP) is 0.172. The number of benzene rings is 1. The molecule has 0 spiro atoms. The van der Waals surface area contributed by atoms with Crippen LogP contribution in [-0.4, -0.2) is 55.4 Å². The fourth-order valence-corrected chi connectivity index (χ4v) is 2.35. The monoisotopic (exact) mass is 279 g/mol. The van der Waals surface area contributed by atoms with E-state index in [0.717, 1.165) is 17.9 Å². The van der Waals surface area contributed by atoms with Crippen LogP contribution in [0.4, 0.5) is 0 Å². The number of amidine groups is 1. The van der Waals surface area contributed by atoms with Crippen molar-refractivity contribution in [3.8, 4) is 5.75 Å². The zero-order chi connectivity index (χ0) is 14.5. The van der Waals surface area contributed by atoms with Crippen LogP contribution in [0.15, 0.2) is 18.2 Å². The molecule has 6 nitrogen and oxygen atoms in total. The second-order valence-electron chi connectivity index (χ2n) is 4.82. The third-order valence-electron chi connectivity index (χ3n) is 3.53. The van der Waals surface area contributed by atoms with Crippen molar-refractivity contribution in [2.75, 3.05) is 33.5 Å². The Morgan fingerprint density at radius 1 is 1.60 bits per heavy atom. The minimum atomic E-state index is -0.00515. The zero-order valence-corrected chi connectivity index (χ0v) is 11.6. The van der Waals surface area contributed by atoms with E-state index in [2.05, 4.69) is 4.90 Å². The largest absolute Gasteiger partial charge is 0.496 e. The molecule has 0 aromatic heterocycles. The van der Waals surface area contributed by atoms with E-state index < -0.39 is 0 Å². The van der Waals surface area contributed by atoms with Gasteiger partial charge in [-0.05, 0) is 18.2 Å². The number of hydrogen-bond donors (Lipinski definition) is 3. The van der Waals surface area contributed by atoms with Gasteiger partial charge < -0.3 is 20.3 Å². The Bertz CT molecular complexity index is 479. The van der Waals surface area contributed by atoms with Gasteiger partial charge >= 0.3 is 0 Å². The van der Waals surface area contributed by atoms with Crippen LogP contribution in [-0.2, 0) is 11.3 Å². The van der Waals surface area contributed by atoms with E-state index in [1.54, 1.807) is 13.2 Å². The molecule has 0 radical (unpaired) electrons. The fraction of sp³-hybridized carbons (Fsp3) is 0.500. The van der Waals surface area contributed by atoms with Crippen molar-refractivity contribution < 1.29 is 14.6 Å². The van der Waals surface area contributed by atoms with Gasteiger partial charge in [-0.1, -0.05) is 0 Å². The normalized spacial score (nSPS) is 19.8. The lowest BCUT2D eigenvalue weighted by Crippen LogP contribution is -2.46. The van der Waals surface area contributed by atoms with E-state index in [4.69, 9.17) is 20.6 Å². The van der Waals surface area contributed by atoms with Crippen molar-refractivity contribution in [3.05, 3.63) is 29.3 Å². The highest BCUT2D eigenvalue weighted by atomic mass is 16.5. The van der Waals surface area contributed by atoms with E-state index in [0.29, 0.717) is 25.3 Å². The first-order valence-electron chi connectivity index (χ1n) is 6.59. The second-order valence-corrected chi connectivity index (χ2v) is 4.82. The number of nitrogens with two attached hydrogens (primary N) is 1. The van der Waals surface area contributed by atoms with Gasteiger partial charge in [0.25, 0.3) is 0 Å². The number of aliphatic hydroxyl groups is 1. The second kappa shape index (κ2) is 6.69. The average Bonchev–Trinajstić information content (AvgIpc) is 2.47. The third-order valence-corrected chi connectivity index (χ3v) is 3.53. The minimum Gasteiger partial charge on any atom is -0.496 e. The maximum absolute atomic E-state index is 9.40. The summed E-state index contributed by atoms with van der Waals surface area (Å²) in [7, 11) is 1.62. The molecule has 0 aliphatic carbocycles. The number of rotatable bonds is 5. The van der Waals surface area contributed by atoms with Crippen LogP contribution in [0.2, 0.25) is 0 Å². The molecular formula is C14H21N3O3. The van der Waals surface area contributed by atoms with Gasteiger partial charge in [-0.25, -0.2) is 0 Å². The Hall–Kier alpha value is -1.63. The van der Waals surface area contributed by atoms with Gasteiger partial charge in [-0.2, -0.15) is 0 Å². The number of hydrogen-bond acceptors (Lipinski definition) is 5. The van der Waals surface area contributed by atoms with Crippen molar-refractivity contribution in [3.63, 3.8) is 0 Å². The molecule has 110 valence electrons. The van der Waals surface area contributed by atoms with Crippen molar-refractivity contribution in [1.82, 2.24) is 4.90 Å². The van der Waals surface area contributed by atoms with Crippen LogP contribution in [0.25, 0.3) is 0 Å². The van der Waals surface area contributed by atoms with Crippen LogP contribution >= 0.6 is 0 Å². The van der Waals surface area contributed by atoms with Gasteiger partial charge in [-0.3, -0.25) is 10.3 Å². The van der Waals surface area contributed by atoms with Crippen LogP contribution in [0.3, 0.4) is 0 Å². The van der Waals surface area contributed by atoms with Gasteiger partial charge in [0.2, 0.25) is 0 Å². The molecule has 0 saturated carbocycles. The van der Waals surface area contributed by atoms with Crippen molar-refractivity contribution in [1.29, 1.82) is 5.41 Å². The summed E-state index contributed by atoms with van der Waals surface area (Å²) in [5, 5.41) is 16.9. The summed E-state index contributed by atoms with van der Waals surface area (Å²) in [6, 6.07) is 5.45. The van der Waals surface area contributed by atoms with Gasteiger partial charge in [0.05, 0.1) is 33.0 Å². The third kappa shape index (κ3) is 3.27. The molecule has 2 rings (SSSR count). The molecule has 6 heteroatoms. The molecule has 1 atom stereocenters. The molecule has 4 N–H and O–H groups in total. The Kier molecular flexibility index (Phi) is 4.94. The smallest absolute Gasteiger partial charge is 0.123 e. The lowest BCUT2D eigenvalue weighted by atomic mass is 10.1. The highest BCUT2D eigenvalue weighted by Crippen LogP contribution is 2.23. The summed E-state index contributed by atoms with van der Waals surface area (Å²) in [4.78, 5) is 2.16. The molecule has 0 bridgehead atoms. The van der Waals surface area contributed by atoms with Gasteiger partial charge in [-0.15, -0.1) is 0 Å². The minimum absolute atomic E-state index is 0.00515. The molecule has 1 aliphatic rings. The maximum atomic E-state index is 9.40. The van der Waals surface area contributed by atoms with Crippen LogP contribution < -0.4 is 10.5 Å². The standard InChI is InChI=1S/C14H21N3O3/c1-19-13-3-2-10(14(15)16)6-11(13)7-17-4-5-20-9-12(17)8-18/h2-3,6,12,18H,4-5,7-9H2,1H3,(H3,15,16). The highest BCUT2D eigenvalue weighted by molar-refractivity contribution is 5.95. The Morgan fingerprint density at radius 2 is 2.40 bits per heavy atom. The number of nitrogens with zero attached hydrogens (tertiary/aromatic N) is 1. The fourth-order valence-electron chi connectivity index (χ4n) is 2.35. The van der Waals surface area contributed by atoms with Crippen molar-refractivity contribution in [2.45, 2.75) is 12.6 Å². The zero-order valence-electron chi connectivity index (χ0n) is 11.6. The number of morpholine rings is 1. The quantitative estimate of drug-likeness (QED) is 0.528. The summed E-state index contributed by atoms with van der Waals surface area (Å²) in [6.07, 6.45) is 0. The van der Waals surface area contributed by atoms with Gasteiger partial charge in [0.1, 0.15) is 11.6 Å². The molecular weight excluding hydrogens is 258 g/mol. The molecule has 1 saturated heterocycles. The lowest BCUT2D eigenvalue weighted by Gasteiger charge is -2.34. The van der Waals surface area contributed by atoms with E-state index in [9.17, 15) is 5.11 Å². The average molecular weight is 279 g/mol. The van der Waals surface area contributed by atoms with Crippen LogP contribution in [0.5, 0.6) is 5.75 Å². The molecule has 1 fully saturated rings. The van der Waals surface area contributed by atoms with Crippen LogP contribution in [0, 0.1) is 5.41 Å². The number of methoxy groups -OCH3 is 1. The number of nitrogen functional groups attached to an aromatic ring is 1. The topological polar surface area (TPSA) is 91.8 Å². The Labute approximate surface area is 118 Å². The first-order chi connectivity index (χ1) is 9.65. The molecule has 1 aromatic rings. The summed E-state index contributed by atoms with van der Waals surface area (Å²) >= 11 is 0. The molecule has 1 heterocycles. The van der Waals surface area contributed by atoms with Crippen LogP contribution in [0.1, 0.15) is 11.1 Å². The van der Waals surface area contributed by atoms with Crippen molar-refractivity contribution in [2.24, 2.45) is 5.73 Å². The van der Waals surface area contributed by atoms with Gasteiger partial charge in [0, 0.05) is 24.2 Å². The molecule has 1 unspecified atom stereocenters. The Morgan fingerprint density at radius 3 is 3.05 bits per heavy atom.